The largest absolute Gasteiger partial charge is 0.364 e. The smallest absolute Gasteiger partial charge is 0.275 e. The molecular formula is C16H24ClN2O2+. The molecular weight excluding hydrogens is 288 g/mol. The summed E-state index contributed by atoms with van der Waals surface area (Å²) < 4.78 is 5.69. The van der Waals surface area contributed by atoms with E-state index in [4.69, 9.17) is 16.3 Å². The summed E-state index contributed by atoms with van der Waals surface area (Å²) in [6.45, 7) is 8.37. The Morgan fingerprint density at radius 3 is 2.48 bits per heavy atom. The van der Waals surface area contributed by atoms with Crippen LogP contribution in [0.25, 0.3) is 0 Å². The maximum absolute atomic E-state index is 12.2. The monoisotopic (exact) mass is 311 g/mol. The summed E-state index contributed by atoms with van der Waals surface area (Å²) in [5, 5.41) is 3.76. The van der Waals surface area contributed by atoms with Crippen molar-refractivity contribution in [2.75, 3.05) is 19.6 Å². The van der Waals surface area contributed by atoms with E-state index >= 15 is 0 Å². The van der Waals surface area contributed by atoms with Crippen LogP contribution in [0.3, 0.4) is 0 Å². The average Bonchev–Trinajstić information content (AvgIpc) is 2.37. The highest BCUT2D eigenvalue weighted by Crippen LogP contribution is 2.15. The van der Waals surface area contributed by atoms with E-state index in [1.807, 2.05) is 31.2 Å². The summed E-state index contributed by atoms with van der Waals surface area (Å²) in [6, 6.07) is 7.56. The van der Waals surface area contributed by atoms with Crippen LogP contribution in [0.5, 0.6) is 0 Å². The van der Waals surface area contributed by atoms with Gasteiger partial charge in [-0.2, -0.15) is 0 Å². The van der Waals surface area contributed by atoms with E-state index in [2.05, 4.69) is 19.2 Å². The van der Waals surface area contributed by atoms with Gasteiger partial charge in [0.15, 0.2) is 6.54 Å². The molecule has 1 aliphatic heterocycles. The highest BCUT2D eigenvalue weighted by Gasteiger charge is 2.27. The predicted molar refractivity (Wildman–Crippen MR) is 83.6 cm³/mol. The number of quaternary nitrogens is 1. The fraction of sp³-hybridized carbons (Fsp3) is 0.562. The van der Waals surface area contributed by atoms with Gasteiger partial charge in [0.2, 0.25) is 0 Å². The zero-order chi connectivity index (χ0) is 15.4. The van der Waals surface area contributed by atoms with E-state index in [-0.39, 0.29) is 24.2 Å². The molecule has 1 amide bonds. The summed E-state index contributed by atoms with van der Waals surface area (Å²) >= 11 is 5.88. The number of morpholine rings is 1. The van der Waals surface area contributed by atoms with Crippen LogP contribution in [0.15, 0.2) is 24.3 Å². The van der Waals surface area contributed by atoms with Gasteiger partial charge in [-0.25, -0.2) is 0 Å². The third-order valence-corrected chi connectivity index (χ3v) is 4.03. The van der Waals surface area contributed by atoms with Gasteiger partial charge in [0, 0.05) is 5.02 Å². The van der Waals surface area contributed by atoms with Gasteiger partial charge in [0.25, 0.3) is 5.91 Å². The van der Waals surface area contributed by atoms with Crippen LogP contribution < -0.4 is 10.2 Å². The second-order valence-electron chi connectivity index (χ2n) is 5.93. The number of hydrogen-bond acceptors (Lipinski definition) is 2. The maximum Gasteiger partial charge on any atom is 0.275 e. The van der Waals surface area contributed by atoms with Crippen molar-refractivity contribution in [1.29, 1.82) is 0 Å². The molecule has 1 unspecified atom stereocenters. The highest BCUT2D eigenvalue weighted by atomic mass is 35.5. The minimum atomic E-state index is -0.00921. The van der Waals surface area contributed by atoms with Gasteiger partial charge in [-0.05, 0) is 38.5 Å². The zero-order valence-electron chi connectivity index (χ0n) is 12.9. The van der Waals surface area contributed by atoms with Crippen LogP contribution in [0.4, 0.5) is 0 Å². The first-order valence-corrected chi connectivity index (χ1v) is 7.85. The molecule has 0 radical (unpaired) electrons. The molecule has 0 bridgehead atoms. The Balaban J connectivity index is 1.85. The van der Waals surface area contributed by atoms with Crippen molar-refractivity contribution < 1.29 is 14.4 Å². The van der Waals surface area contributed by atoms with Gasteiger partial charge in [0.1, 0.15) is 25.3 Å². The molecule has 4 nitrogen and oxygen atoms in total. The molecule has 1 aromatic rings. The molecule has 1 saturated heterocycles. The summed E-state index contributed by atoms with van der Waals surface area (Å²) in [4.78, 5) is 13.5. The lowest BCUT2D eigenvalue weighted by Crippen LogP contribution is -3.16. The fourth-order valence-corrected chi connectivity index (χ4v) is 3.01. The van der Waals surface area contributed by atoms with E-state index in [0.29, 0.717) is 11.6 Å². The maximum atomic E-state index is 12.2. The Labute approximate surface area is 131 Å². The van der Waals surface area contributed by atoms with E-state index in [1.54, 1.807) is 0 Å². The number of amides is 1. The molecule has 1 aromatic carbocycles. The number of carbonyl (C=O) groups excluding carboxylic acids is 1. The van der Waals surface area contributed by atoms with Gasteiger partial charge >= 0.3 is 0 Å². The SMILES string of the molecule is C[C@@H]1C[NH+](CC(=O)N[C@@H](C)c2ccc(Cl)cc2)C[C@H](C)O1. The second kappa shape index (κ2) is 7.25. The van der Waals surface area contributed by atoms with Crippen molar-refractivity contribution in [2.24, 2.45) is 0 Å². The fourth-order valence-electron chi connectivity index (χ4n) is 2.89. The molecule has 1 heterocycles. The molecule has 1 aliphatic rings. The minimum Gasteiger partial charge on any atom is -0.364 e. The lowest BCUT2D eigenvalue weighted by molar-refractivity contribution is -0.907. The van der Waals surface area contributed by atoms with E-state index < -0.39 is 0 Å². The van der Waals surface area contributed by atoms with E-state index in [9.17, 15) is 4.79 Å². The number of nitrogens with one attached hydrogen (secondary N) is 2. The first kappa shape index (κ1) is 16.3. The lowest BCUT2D eigenvalue weighted by Gasteiger charge is -2.32. The van der Waals surface area contributed by atoms with Crippen LogP contribution in [0, 0.1) is 0 Å². The molecule has 0 aliphatic carbocycles. The van der Waals surface area contributed by atoms with Crippen molar-refractivity contribution in [3.05, 3.63) is 34.9 Å². The Morgan fingerprint density at radius 2 is 1.90 bits per heavy atom. The zero-order valence-corrected chi connectivity index (χ0v) is 13.6. The van der Waals surface area contributed by atoms with Crippen molar-refractivity contribution >= 4 is 17.5 Å². The number of rotatable bonds is 4. The Kier molecular flexibility index (Phi) is 5.62. The number of benzene rings is 1. The summed E-state index contributed by atoms with van der Waals surface area (Å²) in [5.74, 6) is 0.0775. The Morgan fingerprint density at radius 1 is 1.33 bits per heavy atom. The van der Waals surface area contributed by atoms with Gasteiger partial charge in [0.05, 0.1) is 6.04 Å². The topological polar surface area (TPSA) is 42.8 Å². The summed E-state index contributed by atoms with van der Waals surface area (Å²) in [5.41, 5.74) is 1.06. The summed E-state index contributed by atoms with van der Waals surface area (Å²) in [7, 11) is 0. The number of carbonyl (C=O) groups is 1. The molecule has 2 rings (SSSR count). The van der Waals surface area contributed by atoms with Gasteiger partial charge < -0.3 is 15.0 Å². The predicted octanol–water partition coefficient (Wildman–Crippen LogP) is 1.21. The van der Waals surface area contributed by atoms with E-state index in [0.717, 1.165) is 18.7 Å². The van der Waals surface area contributed by atoms with Crippen molar-refractivity contribution in [3.8, 4) is 0 Å². The molecule has 21 heavy (non-hydrogen) atoms. The first-order chi connectivity index (χ1) is 9.94. The Hall–Kier alpha value is -1.10. The van der Waals surface area contributed by atoms with Crippen molar-refractivity contribution in [1.82, 2.24) is 5.32 Å². The standard InChI is InChI=1S/C16H23ClN2O2/c1-11-8-19(9-12(2)21-11)10-16(20)18-13(3)14-4-6-15(17)7-5-14/h4-7,11-13H,8-10H2,1-3H3,(H,18,20)/p+1/t11-,12+,13-/m0/s1. The van der Waals surface area contributed by atoms with Crippen LogP contribution in [0.2, 0.25) is 5.02 Å². The minimum absolute atomic E-state index is 0.00921. The molecule has 1 fully saturated rings. The molecule has 4 atom stereocenters. The van der Waals surface area contributed by atoms with Crippen LogP contribution >= 0.6 is 11.6 Å². The summed E-state index contributed by atoms with van der Waals surface area (Å²) in [6.07, 6.45) is 0.426. The van der Waals surface area contributed by atoms with Gasteiger partial charge in [-0.1, -0.05) is 23.7 Å². The second-order valence-corrected chi connectivity index (χ2v) is 6.37. The number of ether oxygens (including phenoxy) is 1. The van der Waals surface area contributed by atoms with Crippen molar-refractivity contribution in [2.45, 2.75) is 39.0 Å². The molecule has 0 aromatic heterocycles. The van der Waals surface area contributed by atoms with E-state index in [1.165, 1.54) is 4.90 Å². The third kappa shape index (κ3) is 4.99. The molecule has 5 heteroatoms. The van der Waals surface area contributed by atoms with Crippen molar-refractivity contribution in [3.63, 3.8) is 0 Å². The molecule has 2 N–H and O–H groups in total. The lowest BCUT2D eigenvalue weighted by atomic mass is 10.1. The van der Waals surface area contributed by atoms with Gasteiger partial charge in [-0.15, -0.1) is 0 Å². The highest BCUT2D eigenvalue weighted by molar-refractivity contribution is 6.30. The quantitative estimate of drug-likeness (QED) is 0.878. The molecule has 0 saturated carbocycles. The third-order valence-electron chi connectivity index (χ3n) is 3.77. The first-order valence-electron chi connectivity index (χ1n) is 7.48. The molecule has 116 valence electrons. The number of hydrogen-bond donors (Lipinski definition) is 2. The molecule has 0 spiro atoms. The Bertz CT molecular complexity index is 468. The number of halogens is 1. The van der Waals surface area contributed by atoms with Gasteiger partial charge in [-0.3, -0.25) is 4.79 Å². The van der Waals surface area contributed by atoms with Crippen LogP contribution in [-0.4, -0.2) is 37.7 Å². The van der Waals surface area contributed by atoms with Crippen LogP contribution in [0.1, 0.15) is 32.4 Å². The average molecular weight is 312 g/mol. The van der Waals surface area contributed by atoms with Crippen LogP contribution in [-0.2, 0) is 9.53 Å². The normalized spacial score (nSPS) is 27.1.